The highest BCUT2D eigenvalue weighted by Crippen LogP contribution is 2.27. The Labute approximate surface area is 125 Å². The summed E-state index contributed by atoms with van der Waals surface area (Å²) >= 11 is 0. The zero-order valence-electron chi connectivity index (χ0n) is 12.0. The molecule has 2 aromatic rings. The first-order valence-corrected chi connectivity index (χ1v) is 8.58. The third-order valence-electron chi connectivity index (χ3n) is 3.84. The van der Waals surface area contributed by atoms with E-state index >= 15 is 0 Å². The van der Waals surface area contributed by atoms with E-state index in [1.165, 1.54) is 17.5 Å². The second kappa shape index (κ2) is 5.53. The summed E-state index contributed by atoms with van der Waals surface area (Å²) in [5.41, 5.74) is 3.53. The number of rotatable bonds is 3. The standard InChI is InChI=1S/C17H18O3S/c1-13-6-10-17(11-7-13)21(18,19)20-16-9-8-14-4-2-3-5-15(14)12-16/h6-12H,2-5H2,1H3. The lowest BCUT2D eigenvalue weighted by Crippen LogP contribution is -2.10. The molecule has 0 aliphatic heterocycles. The second-order valence-corrected chi connectivity index (χ2v) is 7.03. The minimum absolute atomic E-state index is 0.186. The van der Waals surface area contributed by atoms with E-state index in [0.717, 1.165) is 24.8 Å². The van der Waals surface area contributed by atoms with Gasteiger partial charge in [-0.15, -0.1) is 0 Å². The van der Waals surface area contributed by atoms with Gasteiger partial charge in [-0.1, -0.05) is 23.8 Å². The average Bonchev–Trinajstić information content (AvgIpc) is 2.47. The van der Waals surface area contributed by atoms with Crippen LogP contribution in [-0.4, -0.2) is 8.42 Å². The van der Waals surface area contributed by atoms with E-state index in [2.05, 4.69) is 0 Å². The molecule has 0 bridgehead atoms. The fourth-order valence-corrected chi connectivity index (χ4v) is 3.56. The molecule has 0 N–H and O–H groups in total. The molecular formula is C17H18O3S. The normalized spacial score (nSPS) is 14.5. The predicted molar refractivity (Wildman–Crippen MR) is 82.1 cm³/mol. The van der Waals surface area contributed by atoms with Crippen LogP contribution in [0.2, 0.25) is 0 Å². The van der Waals surface area contributed by atoms with Gasteiger partial charge in [0.1, 0.15) is 10.6 Å². The molecule has 21 heavy (non-hydrogen) atoms. The Bertz CT molecular complexity index is 746. The number of benzene rings is 2. The van der Waals surface area contributed by atoms with Gasteiger partial charge < -0.3 is 4.18 Å². The Morgan fingerprint density at radius 3 is 2.29 bits per heavy atom. The van der Waals surface area contributed by atoms with Gasteiger partial charge in [0.15, 0.2) is 0 Å². The zero-order chi connectivity index (χ0) is 14.9. The fourth-order valence-electron chi connectivity index (χ4n) is 2.64. The molecule has 1 aliphatic rings. The van der Waals surface area contributed by atoms with Crippen molar-refractivity contribution in [3.05, 3.63) is 59.2 Å². The largest absolute Gasteiger partial charge is 0.379 e. The van der Waals surface area contributed by atoms with Crippen molar-refractivity contribution in [2.75, 3.05) is 0 Å². The molecular weight excluding hydrogens is 284 g/mol. The number of aryl methyl sites for hydroxylation is 3. The Hall–Kier alpha value is -1.81. The molecule has 110 valence electrons. The molecule has 0 radical (unpaired) electrons. The molecule has 0 amide bonds. The van der Waals surface area contributed by atoms with E-state index in [0.29, 0.717) is 5.75 Å². The molecule has 3 nitrogen and oxygen atoms in total. The van der Waals surface area contributed by atoms with Crippen molar-refractivity contribution in [3.63, 3.8) is 0 Å². The van der Waals surface area contributed by atoms with Gasteiger partial charge in [0.2, 0.25) is 0 Å². The lowest BCUT2D eigenvalue weighted by atomic mass is 9.92. The Morgan fingerprint density at radius 1 is 0.905 bits per heavy atom. The third-order valence-corrected chi connectivity index (χ3v) is 5.10. The van der Waals surface area contributed by atoms with Crippen LogP contribution >= 0.6 is 0 Å². The summed E-state index contributed by atoms with van der Waals surface area (Å²) in [6, 6.07) is 12.3. The molecule has 1 aliphatic carbocycles. The van der Waals surface area contributed by atoms with Gasteiger partial charge in [0.05, 0.1) is 0 Å². The van der Waals surface area contributed by atoms with Crippen LogP contribution in [-0.2, 0) is 23.0 Å². The van der Waals surface area contributed by atoms with Crippen molar-refractivity contribution in [1.29, 1.82) is 0 Å². The van der Waals surface area contributed by atoms with Crippen LogP contribution in [0.15, 0.2) is 47.4 Å². The van der Waals surface area contributed by atoms with Crippen LogP contribution in [0.25, 0.3) is 0 Å². The zero-order valence-corrected chi connectivity index (χ0v) is 12.8. The van der Waals surface area contributed by atoms with Crippen molar-refractivity contribution in [2.24, 2.45) is 0 Å². The van der Waals surface area contributed by atoms with Crippen molar-refractivity contribution in [1.82, 2.24) is 0 Å². The maximum absolute atomic E-state index is 12.3. The third kappa shape index (κ3) is 3.10. The monoisotopic (exact) mass is 302 g/mol. The molecule has 0 fully saturated rings. The minimum atomic E-state index is -3.76. The van der Waals surface area contributed by atoms with Crippen LogP contribution < -0.4 is 4.18 Å². The molecule has 4 heteroatoms. The Balaban J connectivity index is 1.87. The average molecular weight is 302 g/mol. The maximum atomic E-state index is 12.3. The van der Waals surface area contributed by atoms with Gasteiger partial charge in [-0.3, -0.25) is 0 Å². The highest BCUT2D eigenvalue weighted by molar-refractivity contribution is 7.87. The molecule has 0 aromatic heterocycles. The van der Waals surface area contributed by atoms with Gasteiger partial charge in [-0.25, -0.2) is 0 Å². The van der Waals surface area contributed by atoms with E-state index in [1.54, 1.807) is 30.3 Å². The van der Waals surface area contributed by atoms with E-state index in [-0.39, 0.29) is 4.90 Å². The summed E-state index contributed by atoms with van der Waals surface area (Å²) < 4.78 is 29.8. The smallest absolute Gasteiger partial charge is 0.339 e. The van der Waals surface area contributed by atoms with Crippen LogP contribution in [0.5, 0.6) is 5.75 Å². The first-order valence-electron chi connectivity index (χ1n) is 7.17. The van der Waals surface area contributed by atoms with Gasteiger partial charge >= 0.3 is 10.1 Å². The van der Waals surface area contributed by atoms with Crippen LogP contribution in [0.3, 0.4) is 0 Å². The van der Waals surface area contributed by atoms with Gasteiger partial charge in [0, 0.05) is 0 Å². The van der Waals surface area contributed by atoms with Crippen molar-refractivity contribution < 1.29 is 12.6 Å². The lowest BCUT2D eigenvalue weighted by molar-refractivity contribution is 0.485. The summed E-state index contributed by atoms with van der Waals surface area (Å²) in [5, 5.41) is 0. The second-order valence-electron chi connectivity index (χ2n) is 5.49. The summed E-state index contributed by atoms with van der Waals surface area (Å²) in [6.07, 6.45) is 4.42. The summed E-state index contributed by atoms with van der Waals surface area (Å²) in [5.74, 6) is 0.399. The first kappa shape index (κ1) is 14.1. The quantitative estimate of drug-likeness (QED) is 0.813. The molecule has 2 aromatic carbocycles. The molecule has 0 saturated heterocycles. The van der Waals surface area contributed by atoms with E-state index < -0.39 is 10.1 Å². The van der Waals surface area contributed by atoms with Crippen molar-refractivity contribution in [3.8, 4) is 5.75 Å². The van der Waals surface area contributed by atoms with E-state index in [4.69, 9.17) is 4.18 Å². The number of hydrogen-bond acceptors (Lipinski definition) is 3. The molecule has 0 saturated carbocycles. The Kier molecular flexibility index (Phi) is 3.72. The summed E-state index contributed by atoms with van der Waals surface area (Å²) in [7, 11) is -3.76. The van der Waals surface area contributed by atoms with Crippen LogP contribution in [0.1, 0.15) is 29.5 Å². The van der Waals surface area contributed by atoms with E-state index in [9.17, 15) is 8.42 Å². The fraction of sp³-hybridized carbons (Fsp3) is 0.294. The topological polar surface area (TPSA) is 43.4 Å². The SMILES string of the molecule is Cc1ccc(S(=O)(=O)Oc2ccc3c(c2)CCCC3)cc1. The molecule has 0 atom stereocenters. The first-order chi connectivity index (χ1) is 10.0. The van der Waals surface area contributed by atoms with Crippen molar-refractivity contribution in [2.45, 2.75) is 37.5 Å². The molecule has 0 spiro atoms. The summed E-state index contributed by atoms with van der Waals surface area (Å²) in [6.45, 7) is 1.92. The minimum Gasteiger partial charge on any atom is -0.379 e. The molecule has 3 rings (SSSR count). The predicted octanol–water partition coefficient (Wildman–Crippen LogP) is 3.64. The van der Waals surface area contributed by atoms with Gasteiger partial charge in [-0.05, 0) is 68.0 Å². The van der Waals surface area contributed by atoms with Crippen LogP contribution in [0.4, 0.5) is 0 Å². The highest BCUT2D eigenvalue weighted by atomic mass is 32.2. The lowest BCUT2D eigenvalue weighted by Gasteiger charge is -2.16. The Morgan fingerprint density at radius 2 is 1.57 bits per heavy atom. The number of fused-ring (bicyclic) bond motifs is 1. The van der Waals surface area contributed by atoms with E-state index in [1.807, 2.05) is 19.1 Å². The summed E-state index contributed by atoms with van der Waals surface area (Å²) in [4.78, 5) is 0.186. The molecule has 0 heterocycles. The van der Waals surface area contributed by atoms with Crippen molar-refractivity contribution >= 4 is 10.1 Å². The van der Waals surface area contributed by atoms with Gasteiger partial charge in [0.25, 0.3) is 0 Å². The van der Waals surface area contributed by atoms with Gasteiger partial charge in [-0.2, -0.15) is 8.42 Å². The number of hydrogen-bond donors (Lipinski definition) is 0. The highest BCUT2D eigenvalue weighted by Gasteiger charge is 2.18. The van der Waals surface area contributed by atoms with Crippen LogP contribution in [0, 0.1) is 6.92 Å². The molecule has 0 unspecified atom stereocenters. The maximum Gasteiger partial charge on any atom is 0.339 e.